The maximum Gasteiger partial charge on any atom is 0.242 e. The molecule has 0 spiro atoms. The maximum absolute atomic E-state index is 13.4. The summed E-state index contributed by atoms with van der Waals surface area (Å²) in [5, 5.41) is 3.57. The van der Waals surface area contributed by atoms with E-state index >= 15 is 0 Å². The lowest BCUT2D eigenvalue weighted by Gasteiger charge is -2.30. The SMILES string of the molecule is Cc1c(Cl)cccc1N(CCCC(=O)N(Cc1ccc(Br)cc1)C(C)C(=O)NC1CCCC1)S(C)(=O)=O. The van der Waals surface area contributed by atoms with Crippen LogP contribution in [0.1, 0.15) is 56.6 Å². The Morgan fingerprint density at radius 1 is 1.14 bits per heavy atom. The van der Waals surface area contributed by atoms with Gasteiger partial charge in [0.1, 0.15) is 6.04 Å². The predicted molar refractivity (Wildman–Crippen MR) is 152 cm³/mol. The minimum absolute atomic E-state index is 0.100. The van der Waals surface area contributed by atoms with Crippen molar-refractivity contribution in [2.45, 2.75) is 71.0 Å². The molecule has 202 valence electrons. The van der Waals surface area contributed by atoms with Crippen LogP contribution in [0.5, 0.6) is 0 Å². The normalized spacial score (nSPS) is 14.8. The van der Waals surface area contributed by atoms with Gasteiger partial charge in [-0.3, -0.25) is 13.9 Å². The van der Waals surface area contributed by atoms with E-state index in [2.05, 4.69) is 21.2 Å². The van der Waals surface area contributed by atoms with Crippen molar-refractivity contribution in [2.24, 2.45) is 0 Å². The Bertz CT molecular complexity index is 1200. The van der Waals surface area contributed by atoms with Crippen molar-refractivity contribution in [1.82, 2.24) is 10.2 Å². The second-order valence-electron chi connectivity index (χ2n) is 9.64. The van der Waals surface area contributed by atoms with Gasteiger partial charge in [-0.15, -0.1) is 0 Å². The second-order valence-corrected chi connectivity index (χ2v) is 12.9. The van der Waals surface area contributed by atoms with Crippen LogP contribution in [0.25, 0.3) is 0 Å². The molecule has 0 heterocycles. The number of benzene rings is 2. The largest absolute Gasteiger partial charge is 0.352 e. The highest BCUT2D eigenvalue weighted by Gasteiger charge is 2.29. The molecule has 0 radical (unpaired) electrons. The van der Waals surface area contributed by atoms with E-state index in [1.165, 1.54) is 4.31 Å². The Kier molecular flexibility index (Phi) is 10.4. The van der Waals surface area contributed by atoms with Gasteiger partial charge in [0.15, 0.2) is 0 Å². The van der Waals surface area contributed by atoms with Gasteiger partial charge in [-0.2, -0.15) is 0 Å². The van der Waals surface area contributed by atoms with Crippen LogP contribution in [-0.2, 0) is 26.2 Å². The van der Waals surface area contributed by atoms with E-state index in [1.54, 1.807) is 36.9 Å². The smallest absolute Gasteiger partial charge is 0.242 e. The van der Waals surface area contributed by atoms with Gasteiger partial charge < -0.3 is 10.2 Å². The van der Waals surface area contributed by atoms with Crippen LogP contribution >= 0.6 is 27.5 Å². The number of amides is 2. The molecule has 0 aromatic heterocycles. The number of nitrogens with zero attached hydrogens (tertiary/aromatic N) is 2. The van der Waals surface area contributed by atoms with Crippen molar-refractivity contribution in [1.29, 1.82) is 0 Å². The first kappa shape index (κ1) is 29.5. The number of hydrogen-bond donors (Lipinski definition) is 1. The van der Waals surface area contributed by atoms with Crippen LogP contribution in [0.4, 0.5) is 5.69 Å². The van der Waals surface area contributed by atoms with Gasteiger partial charge in [0, 0.05) is 35.0 Å². The Morgan fingerprint density at radius 2 is 1.78 bits per heavy atom. The summed E-state index contributed by atoms with van der Waals surface area (Å²) in [6.45, 7) is 3.93. The number of carbonyl (C=O) groups is 2. The van der Waals surface area contributed by atoms with E-state index in [-0.39, 0.29) is 37.4 Å². The molecule has 2 aromatic rings. The standard InChI is InChI=1S/C27H35BrClN3O4S/c1-19-24(29)10-6-11-25(19)32(37(3,35)36)17-7-12-26(33)31(18-21-13-15-22(28)16-14-21)20(2)27(34)30-23-8-4-5-9-23/h6,10-11,13-16,20,23H,4-5,7-9,12,17-18H2,1-3H3,(H,30,34). The van der Waals surface area contributed by atoms with Crippen molar-refractivity contribution < 1.29 is 18.0 Å². The lowest BCUT2D eigenvalue weighted by molar-refractivity contribution is -0.141. The number of sulfonamides is 1. The van der Waals surface area contributed by atoms with Crippen molar-refractivity contribution in [3.05, 3.63) is 63.1 Å². The molecule has 0 aliphatic heterocycles. The summed E-state index contributed by atoms with van der Waals surface area (Å²) in [6.07, 6.45) is 5.67. The van der Waals surface area contributed by atoms with Crippen LogP contribution in [-0.4, -0.2) is 50.0 Å². The fourth-order valence-corrected chi connectivity index (χ4v) is 6.06. The quantitative estimate of drug-likeness (QED) is 0.367. The average molecular weight is 613 g/mol. The van der Waals surface area contributed by atoms with E-state index < -0.39 is 16.1 Å². The van der Waals surface area contributed by atoms with E-state index in [0.717, 1.165) is 42.0 Å². The first-order valence-electron chi connectivity index (χ1n) is 12.5. The van der Waals surface area contributed by atoms with Crippen LogP contribution in [0, 0.1) is 6.92 Å². The van der Waals surface area contributed by atoms with Crippen molar-refractivity contribution in [2.75, 3.05) is 17.1 Å². The number of halogens is 2. The van der Waals surface area contributed by atoms with E-state index in [1.807, 2.05) is 24.3 Å². The van der Waals surface area contributed by atoms with Crippen LogP contribution < -0.4 is 9.62 Å². The Labute approximate surface area is 233 Å². The summed E-state index contributed by atoms with van der Waals surface area (Å²) in [5.41, 5.74) is 2.07. The molecule has 2 aromatic carbocycles. The molecule has 37 heavy (non-hydrogen) atoms. The molecule has 1 N–H and O–H groups in total. The average Bonchev–Trinajstić information content (AvgIpc) is 3.35. The molecule has 10 heteroatoms. The molecule has 1 unspecified atom stereocenters. The van der Waals surface area contributed by atoms with Gasteiger partial charge in [0.05, 0.1) is 11.9 Å². The molecule has 0 saturated heterocycles. The Morgan fingerprint density at radius 3 is 2.41 bits per heavy atom. The molecule has 1 aliphatic rings. The fraction of sp³-hybridized carbons (Fsp3) is 0.481. The molecule has 1 aliphatic carbocycles. The van der Waals surface area contributed by atoms with Crippen molar-refractivity contribution >= 4 is 55.1 Å². The third-order valence-electron chi connectivity index (χ3n) is 6.79. The van der Waals surface area contributed by atoms with Crippen molar-refractivity contribution in [3.63, 3.8) is 0 Å². The van der Waals surface area contributed by atoms with E-state index in [0.29, 0.717) is 22.7 Å². The topological polar surface area (TPSA) is 86.8 Å². The highest BCUT2D eigenvalue weighted by atomic mass is 79.9. The molecular formula is C27H35BrClN3O4S. The van der Waals surface area contributed by atoms with Crippen LogP contribution in [0.15, 0.2) is 46.9 Å². The Hall–Kier alpha value is -2.10. The molecule has 1 saturated carbocycles. The van der Waals surface area contributed by atoms with Crippen LogP contribution in [0.3, 0.4) is 0 Å². The predicted octanol–water partition coefficient (Wildman–Crippen LogP) is 5.43. The van der Waals surface area contributed by atoms with Gasteiger partial charge >= 0.3 is 0 Å². The van der Waals surface area contributed by atoms with Gasteiger partial charge in [-0.25, -0.2) is 8.42 Å². The first-order chi connectivity index (χ1) is 17.5. The molecule has 1 fully saturated rings. The zero-order valence-corrected chi connectivity index (χ0v) is 24.7. The number of anilines is 1. The first-order valence-corrected chi connectivity index (χ1v) is 15.6. The minimum atomic E-state index is -3.59. The lowest BCUT2D eigenvalue weighted by Crippen LogP contribution is -2.49. The zero-order valence-electron chi connectivity index (χ0n) is 21.5. The third-order valence-corrected chi connectivity index (χ3v) is 8.91. The fourth-order valence-electron chi connectivity index (χ4n) is 4.61. The zero-order chi connectivity index (χ0) is 27.2. The summed E-state index contributed by atoms with van der Waals surface area (Å²) in [7, 11) is -3.59. The van der Waals surface area contributed by atoms with E-state index in [9.17, 15) is 18.0 Å². The minimum Gasteiger partial charge on any atom is -0.352 e. The summed E-state index contributed by atoms with van der Waals surface area (Å²) in [6, 6.07) is 12.3. The van der Waals surface area contributed by atoms with Crippen molar-refractivity contribution in [3.8, 4) is 0 Å². The number of hydrogen-bond acceptors (Lipinski definition) is 4. The highest BCUT2D eigenvalue weighted by molar-refractivity contribution is 9.10. The molecule has 0 bridgehead atoms. The monoisotopic (exact) mass is 611 g/mol. The van der Waals surface area contributed by atoms with Gasteiger partial charge in [0.2, 0.25) is 21.8 Å². The van der Waals surface area contributed by atoms with E-state index in [4.69, 9.17) is 11.6 Å². The number of nitrogens with one attached hydrogen (secondary N) is 1. The maximum atomic E-state index is 13.4. The molecular weight excluding hydrogens is 578 g/mol. The highest BCUT2D eigenvalue weighted by Crippen LogP contribution is 2.28. The molecule has 1 atom stereocenters. The molecule has 3 rings (SSSR count). The third kappa shape index (κ3) is 8.19. The molecule has 2 amide bonds. The second kappa shape index (κ2) is 13.1. The van der Waals surface area contributed by atoms with Crippen LogP contribution in [0.2, 0.25) is 5.02 Å². The summed E-state index contributed by atoms with van der Waals surface area (Å²) < 4.78 is 27.4. The Balaban J connectivity index is 1.73. The summed E-state index contributed by atoms with van der Waals surface area (Å²) in [4.78, 5) is 28.1. The number of rotatable bonds is 11. The van der Waals surface area contributed by atoms with Gasteiger partial charge in [0.25, 0.3) is 0 Å². The lowest BCUT2D eigenvalue weighted by atomic mass is 10.1. The van der Waals surface area contributed by atoms with Gasteiger partial charge in [-0.05, 0) is 68.5 Å². The molecule has 7 nitrogen and oxygen atoms in total. The van der Waals surface area contributed by atoms with Gasteiger partial charge in [-0.1, -0.05) is 58.6 Å². The summed E-state index contributed by atoms with van der Waals surface area (Å²) >= 11 is 9.65. The summed E-state index contributed by atoms with van der Waals surface area (Å²) in [5.74, 6) is -0.363. The number of carbonyl (C=O) groups excluding carboxylic acids is 2.